The fraction of sp³-hybridized carbons (Fsp3) is 0.533. The molecule has 0 radical (unpaired) electrons. The maximum absolute atomic E-state index is 13.3. The zero-order chi connectivity index (χ0) is 13.7. The van der Waals surface area contributed by atoms with Crippen LogP contribution in [0.4, 0.5) is 14.5 Å². The molecule has 104 valence electrons. The van der Waals surface area contributed by atoms with Gasteiger partial charge in [0.2, 0.25) is 5.91 Å². The van der Waals surface area contributed by atoms with Crippen molar-refractivity contribution in [2.75, 3.05) is 5.32 Å². The Morgan fingerprint density at radius 3 is 2.68 bits per heavy atom. The van der Waals surface area contributed by atoms with Gasteiger partial charge in [-0.1, -0.05) is 32.1 Å². The molecular formula is C15H19F2NO. The van der Waals surface area contributed by atoms with Crippen LogP contribution in [0.2, 0.25) is 0 Å². The number of carbonyl (C=O) groups excluding carboxylic acids is 1. The van der Waals surface area contributed by atoms with Gasteiger partial charge < -0.3 is 5.32 Å². The molecule has 0 heterocycles. The number of rotatable bonds is 4. The zero-order valence-corrected chi connectivity index (χ0v) is 10.9. The Morgan fingerprint density at radius 2 is 1.95 bits per heavy atom. The second kappa shape index (κ2) is 6.64. The van der Waals surface area contributed by atoms with Gasteiger partial charge >= 0.3 is 0 Å². The van der Waals surface area contributed by atoms with E-state index >= 15 is 0 Å². The Morgan fingerprint density at radius 1 is 1.21 bits per heavy atom. The lowest BCUT2D eigenvalue weighted by atomic mass is 9.86. The molecule has 1 aliphatic rings. The van der Waals surface area contributed by atoms with Gasteiger partial charge in [0, 0.05) is 12.5 Å². The van der Waals surface area contributed by atoms with E-state index in [9.17, 15) is 13.6 Å². The van der Waals surface area contributed by atoms with Gasteiger partial charge in [0.15, 0.2) is 0 Å². The van der Waals surface area contributed by atoms with Crippen molar-refractivity contribution in [3.63, 3.8) is 0 Å². The highest BCUT2D eigenvalue weighted by Gasteiger charge is 2.15. The first-order valence-corrected chi connectivity index (χ1v) is 6.90. The molecule has 0 saturated heterocycles. The van der Waals surface area contributed by atoms with E-state index in [0.717, 1.165) is 24.6 Å². The summed E-state index contributed by atoms with van der Waals surface area (Å²) in [6.07, 6.45) is 7.35. The molecule has 0 aliphatic heterocycles. The first-order chi connectivity index (χ1) is 9.15. The van der Waals surface area contributed by atoms with Crippen molar-refractivity contribution in [3.05, 3.63) is 29.8 Å². The standard InChI is InChI=1S/C15H19F2NO/c16-12-7-8-13(17)14(10-12)18-15(19)9-6-11-4-2-1-3-5-11/h7-8,10-11H,1-6,9H2,(H,18,19). The molecule has 1 fully saturated rings. The van der Waals surface area contributed by atoms with E-state index in [1.165, 1.54) is 32.1 Å². The quantitative estimate of drug-likeness (QED) is 0.867. The average molecular weight is 267 g/mol. The van der Waals surface area contributed by atoms with Crippen LogP contribution >= 0.6 is 0 Å². The lowest BCUT2D eigenvalue weighted by Crippen LogP contribution is -2.15. The summed E-state index contributed by atoms with van der Waals surface area (Å²) < 4.78 is 26.3. The zero-order valence-electron chi connectivity index (χ0n) is 10.9. The normalized spacial score (nSPS) is 16.3. The van der Waals surface area contributed by atoms with Crippen molar-refractivity contribution in [3.8, 4) is 0 Å². The van der Waals surface area contributed by atoms with E-state index in [1.807, 2.05) is 0 Å². The predicted molar refractivity (Wildman–Crippen MR) is 70.8 cm³/mol. The summed E-state index contributed by atoms with van der Waals surface area (Å²) in [5.41, 5.74) is -0.0753. The third-order valence-electron chi connectivity index (χ3n) is 3.71. The SMILES string of the molecule is O=C(CCC1CCCCC1)Nc1cc(F)ccc1F. The molecule has 1 aromatic rings. The number of benzene rings is 1. The molecule has 19 heavy (non-hydrogen) atoms. The Balaban J connectivity index is 1.81. The lowest BCUT2D eigenvalue weighted by Gasteiger charge is -2.21. The number of hydrogen-bond donors (Lipinski definition) is 1. The number of anilines is 1. The molecule has 0 spiro atoms. The fourth-order valence-corrected chi connectivity index (χ4v) is 2.62. The molecule has 1 aromatic carbocycles. The summed E-state index contributed by atoms with van der Waals surface area (Å²) in [4.78, 5) is 11.7. The lowest BCUT2D eigenvalue weighted by molar-refractivity contribution is -0.116. The molecule has 2 rings (SSSR count). The van der Waals surface area contributed by atoms with Gasteiger partial charge in [-0.15, -0.1) is 0 Å². The Labute approximate surface area is 112 Å². The van der Waals surface area contributed by atoms with Gasteiger partial charge in [0.25, 0.3) is 0 Å². The molecule has 1 saturated carbocycles. The molecule has 1 amide bonds. The number of carbonyl (C=O) groups is 1. The molecule has 0 atom stereocenters. The molecular weight excluding hydrogens is 248 g/mol. The molecule has 4 heteroatoms. The number of hydrogen-bond acceptors (Lipinski definition) is 1. The Bertz CT molecular complexity index is 442. The van der Waals surface area contributed by atoms with Crippen LogP contribution < -0.4 is 5.32 Å². The fourth-order valence-electron chi connectivity index (χ4n) is 2.62. The Kier molecular flexibility index (Phi) is 4.88. The summed E-state index contributed by atoms with van der Waals surface area (Å²) in [5, 5.41) is 2.44. The minimum atomic E-state index is -0.604. The second-order valence-electron chi connectivity index (χ2n) is 5.22. The van der Waals surface area contributed by atoms with Crippen LogP contribution in [0.3, 0.4) is 0 Å². The van der Waals surface area contributed by atoms with E-state index in [1.54, 1.807) is 0 Å². The summed E-state index contributed by atoms with van der Waals surface area (Å²) in [6, 6.07) is 3.06. The van der Waals surface area contributed by atoms with Gasteiger partial charge in [-0.05, 0) is 24.5 Å². The Hall–Kier alpha value is -1.45. The van der Waals surface area contributed by atoms with Crippen LogP contribution in [0.5, 0.6) is 0 Å². The van der Waals surface area contributed by atoms with Crippen LogP contribution in [0.1, 0.15) is 44.9 Å². The topological polar surface area (TPSA) is 29.1 Å². The highest BCUT2D eigenvalue weighted by atomic mass is 19.1. The molecule has 2 nitrogen and oxygen atoms in total. The first-order valence-electron chi connectivity index (χ1n) is 6.90. The molecule has 1 N–H and O–H groups in total. The van der Waals surface area contributed by atoms with E-state index in [0.29, 0.717) is 12.3 Å². The maximum atomic E-state index is 13.3. The van der Waals surface area contributed by atoms with E-state index in [-0.39, 0.29) is 11.6 Å². The largest absolute Gasteiger partial charge is 0.324 e. The maximum Gasteiger partial charge on any atom is 0.224 e. The van der Waals surface area contributed by atoms with E-state index < -0.39 is 11.6 Å². The highest BCUT2D eigenvalue weighted by molar-refractivity contribution is 5.90. The van der Waals surface area contributed by atoms with E-state index in [4.69, 9.17) is 0 Å². The first kappa shape index (κ1) is 14.0. The smallest absolute Gasteiger partial charge is 0.224 e. The van der Waals surface area contributed by atoms with Crippen molar-refractivity contribution in [2.45, 2.75) is 44.9 Å². The van der Waals surface area contributed by atoms with E-state index in [2.05, 4.69) is 5.32 Å². The average Bonchev–Trinajstić information content (AvgIpc) is 2.42. The minimum absolute atomic E-state index is 0.0753. The highest BCUT2D eigenvalue weighted by Crippen LogP contribution is 2.27. The van der Waals surface area contributed by atoms with Crippen molar-refractivity contribution < 1.29 is 13.6 Å². The van der Waals surface area contributed by atoms with Crippen LogP contribution in [-0.4, -0.2) is 5.91 Å². The number of nitrogens with one attached hydrogen (secondary N) is 1. The van der Waals surface area contributed by atoms with Gasteiger partial charge in [0.05, 0.1) is 5.69 Å². The number of amides is 1. The summed E-state index contributed by atoms with van der Waals surface area (Å²) in [7, 11) is 0. The third kappa shape index (κ3) is 4.30. The minimum Gasteiger partial charge on any atom is -0.324 e. The van der Waals surface area contributed by atoms with Crippen LogP contribution in [0, 0.1) is 17.6 Å². The van der Waals surface area contributed by atoms with Crippen LogP contribution in [0.25, 0.3) is 0 Å². The molecule has 0 bridgehead atoms. The summed E-state index contributed by atoms with van der Waals surface area (Å²) in [5.74, 6) is -0.789. The van der Waals surface area contributed by atoms with Crippen molar-refractivity contribution in [1.82, 2.24) is 0 Å². The third-order valence-corrected chi connectivity index (χ3v) is 3.71. The van der Waals surface area contributed by atoms with Crippen LogP contribution in [0.15, 0.2) is 18.2 Å². The van der Waals surface area contributed by atoms with Crippen molar-refractivity contribution >= 4 is 11.6 Å². The monoisotopic (exact) mass is 267 g/mol. The molecule has 0 aromatic heterocycles. The van der Waals surface area contributed by atoms with Crippen molar-refractivity contribution in [2.24, 2.45) is 5.92 Å². The molecule has 0 unspecified atom stereocenters. The van der Waals surface area contributed by atoms with Crippen molar-refractivity contribution in [1.29, 1.82) is 0 Å². The summed E-state index contributed by atoms with van der Waals surface area (Å²) in [6.45, 7) is 0. The van der Waals surface area contributed by atoms with Gasteiger partial charge in [0.1, 0.15) is 11.6 Å². The van der Waals surface area contributed by atoms with Gasteiger partial charge in [-0.2, -0.15) is 0 Å². The van der Waals surface area contributed by atoms with Gasteiger partial charge in [-0.25, -0.2) is 8.78 Å². The van der Waals surface area contributed by atoms with Gasteiger partial charge in [-0.3, -0.25) is 4.79 Å². The second-order valence-corrected chi connectivity index (χ2v) is 5.22. The molecule has 1 aliphatic carbocycles. The summed E-state index contributed by atoms with van der Waals surface area (Å²) >= 11 is 0. The predicted octanol–water partition coefficient (Wildman–Crippen LogP) is 4.26. The number of halogens is 2. The van der Waals surface area contributed by atoms with Crippen LogP contribution in [-0.2, 0) is 4.79 Å².